The second-order valence-electron chi connectivity index (χ2n) is 7.11. The van der Waals surface area contributed by atoms with Gasteiger partial charge in [-0.25, -0.2) is 0 Å². The van der Waals surface area contributed by atoms with Crippen molar-refractivity contribution >= 4 is 15.9 Å². The molecular weight excluding hydrogens is 324 g/mol. The molecule has 21 heavy (non-hydrogen) atoms. The van der Waals surface area contributed by atoms with Crippen LogP contribution in [0.2, 0.25) is 0 Å². The fraction of sp³-hybridized carbons (Fsp3) is 0.667. The molecule has 1 aromatic carbocycles. The molecule has 1 heterocycles. The standard InChI is InChI=1S/C18H29BrN2/c1-13(2)8-17-12-21(18(10-20-17)14(3)4)11-15-6-5-7-16(19)9-15/h5-7,9,13-14,17-18,20H,8,10-12H2,1-4H3. The fourth-order valence-corrected chi connectivity index (χ4v) is 3.78. The molecule has 0 amide bonds. The molecule has 0 saturated carbocycles. The second-order valence-corrected chi connectivity index (χ2v) is 8.02. The van der Waals surface area contributed by atoms with Gasteiger partial charge in [-0.15, -0.1) is 0 Å². The minimum absolute atomic E-state index is 0.632. The topological polar surface area (TPSA) is 15.3 Å². The van der Waals surface area contributed by atoms with Crippen molar-refractivity contribution in [3.8, 4) is 0 Å². The van der Waals surface area contributed by atoms with Crippen molar-refractivity contribution in [1.82, 2.24) is 10.2 Å². The molecule has 1 fully saturated rings. The molecule has 2 unspecified atom stereocenters. The van der Waals surface area contributed by atoms with E-state index in [4.69, 9.17) is 0 Å². The molecular formula is C18H29BrN2. The summed E-state index contributed by atoms with van der Waals surface area (Å²) in [4.78, 5) is 2.68. The van der Waals surface area contributed by atoms with Crippen LogP contribution in [0.15, 0.2) is 28.7 Å². The quantitative estimate of drug-likeness (QED) is 0.849. The van der Waals surface area contributed by atoms with Crippen LogP contribution in [-0.2, 0) is 6.54 Å². The van der Waals surface area contributed by atoms with Crippen LogP contribution in [0, 0.1) is 11.8 Å². The van der Waals surface area contributed by atoms with Gasteiger partial charge in [-0.1, -0.05) is 55.8 Å². The third-order valence-electron chi connectivity index (χ3n) is 4.34. The van der Waals surface area contributed by atoms with E-state index in [1.807, 2.05) is 0 Å². The highest BCUT2D eigenvalue weighted by Gasteiger charge is 2.29. The van der Waals surface area contributed by atoms with Gasteiger partial charge in [-0.2, -0.15) is 0 Å². The van der Waals surface area contributed by atoms with Crippen LogP contribution < -0.4 is 5.32 Å². The number of hydrogen-bond donors (Lipinski definition) is 1. The first-order chi connectivity index (χ1) is 9.95. The van der Waals surface area contributed by atoms with Gasteiger partial charge in [0, 0.05) is 36.2 Å². The van der Waals surface area contributed by atoms with Gasteiger partial charge >= 0.3 is 0 Å². The van der Waals surface area contributed by atoms with Crippen LogP contribution >= 0.6 is 15.9 Å². The lowest BCUT2D eigenvalue weighted by atomic mass is 9.94. The van der Waals surface area contributed by atoms with E-state index in [9.17, 15) is 0 Å². The maximum absolute atomic E-state index is 3.76. The molecule has 0 aliphatic carbocycles. The maximum Gasteiger partial charge on any atom is 0.0247 e. The van der Waals surface area contributed by atoms with Gasteiger partial charge in [0.1, 0.15) is 0 Å². The smallest absolute Gasteiger partial charge is 0.0247 e. The molecule has 2 nitrogen and oxygen atoms in total. The zero-order valence-electron chi connectivity index (χ0n) is 13.8. The summed E-state index contributed by atoms with van der Waals surface area (Å²) < 4.78 is 1.18. The lowest BCUT2D eigenvalue weighted by Gasteiger charge is -2.43. The molecule has 1 aromatic rings. The zero-order chi connectivity index (χ0) is 15.4. The third kappa shape index (κ3) is 5.08. The van der Waals surface area contributed by atoms with Crippen LogP contribution in [0.1, 0.15) is 39.7 Å². The second kappa shape index (κ2) is 7.75. The monoisotopic (exact) mass is 352 g/mol. The van der Waals surface area contributed by atoms with Crippen molar-refractivity contribution in [3.05, 3.63) is 34.3 Å². The summed E-state index contributed by atoms with van der Waals surface area (Å²) in [5, 5.41) is 3.76. The molecule has 0 radical (unpaired) electrons. The normalized spacial score (nSPS) is 24.0. The average molecular weight is 353 g/mol. The van der Waals surface area contributed by atoms with E-state index in [1.165, 1.54) is 16.5 Å². The SMILES string of the molecule is CC(C)CC1CN(Cc2cccc(Br)c2)C(C(C)C)CN1. The summed E-state index contributed by atoms with van der Waals surface area (Å²) >= 11 is 3.58. The first-order valence-electron chi connectivity index (χ1n) is 8.17. The van der Waals surface area contributed by atoms with Crippen LogP contribution in [0.25, 0.3) is 0 Å². The lowest BCUT2D eigenvalue weighted by molar-refractivity contribution is 0.0852. The summed E-state index contributed by atoms with van der Waals surface area (Å²) in [7, 11) is 0. The zero-order valence-corrected chi connectivity index (χ0v) is 15.4. The number of benzene rings is 1. The Morgan fingerprint density at radius 2 is 2.05 bits per heavy atom. The van der Waals surface area contributed by atoms with Gasteiger partial charge in [-0.3, -0.25) is 4.90 Å². The first-order valence-corrected chi connectivity index (χ1v) is 8.97. The molecule has 118 valence electrons. The largest absolute Gasteiger partial charge is 0.311 e. The summed E-state index contributed by atoms with van der Waals surface area (Å²) in [6.07, 6.45) is 1.26. The number of rotatable bonds is 5. The number of nitrogens with zero attached hydrogens (tertiary/aromatic N) is 1. The molecule has 2 atom stereocenters. The van der Waals surface area contributed by atoms with Crippen molar-refractivity contribution in [2.75, 3.05) is 13.1 Å². The molecule has 2 rings (SSSR count). The Labute approximate surface area is 138 Å². The number of piperazine rings is 1. The Bertz CT molecular complexity index is 445. The first kappa shape index (κ1) is 17.0. The van der Waals surface area contributed by atoms with Crippen molar-refractivity contribution in [2.45, 2.75) is 52.7 Å². The number of nitrogens with one attached hydrogen (secondary N) is 1. The molecule has 0 bridgehead atoms. The van der Waals surface area contributed by atoms with Gasteiger partial charge in [-0.05, 0) is 36.0 Å². The van der Waals surface area contributed by atoms with Gasteiger partial charge < -0.3 is 5.32 Å². The Hall–Kier alpha value is -0.380. The van der Waals surface area contributed by atoms with E-state index in [0.29, 0.717) is 18.0 Å². The summed E-state index contributed by atoms with van der Waals surface area (Å²) in [5.74, 6) is 1.44. The van der Waals surface area contributed by atoms with E-state index < -0.39 is 0 Å². The Morgan fingerprint density at radius 3 is 2.67 bits per heavy atom. The molecule has 1 N–H and O–H groups in total. The van der Waals surface area contributed by atoms with E-state index in [2.05, 4.69) is 78.1 Å². The van der Waals surface area contributed by atoms with E-state index in [1.54, 1.807) is 0 Å². The maximum atomic E-state index is 3.76. The van der Waals surface area contributed by atoms with E-state index in [0.717, 1.165) is 25.6 Å². The van der Waals surface area contributed by atoms with Crippen LogP contribution in [0.4, 0.5) is 0 Å². The van der Waals surface area contributed by atoms with Crippen LogP contribution in [0.5, 0.6) is 0 Å². The molecule has 1 saturated heterocycles. The van der Waals surface area contributed by atoms with Crippen molar-refractivity contribution in [1.29, 1.82) is 0 Å². The molecule has 1 aliphatic heterocycles. The molecule has 0 spiro atoms. The summed E-state index contributed by atoms with van der Waals surface area (Å²) in [6.45, 7) is 12.6. The highest BCUT2D eigenvalue weighted by molar-refractivity contribution is 9.10. The van der Waals surface area contributed by atoms with Crippen LogP contribution in [-0.4, -0.2) is 30.1 Å². The van der Waals surface area contributed by atoms with Crippen molar-refractivity contribution < 1.29 is 0 Å². The van der Waals surface area contributed by atoms with Crippen LogP contribution in [0.3, 0.4) is 0 Å². The molecule has 1 aliphatic rings. The van der Waals surface area contributed by atoms with Crippen molar-refractivity contribution in [2.24, 2.45) is 11.8 Å². The summed E-state index contributed by atoms with van der Waals surface area (Å²) in [5.41, 5.74) is 1.40. The van der Waals surface area contributed by atoms with Gasteiger partial charge in [0.15, 0.2) is 0 Å². The molecule has 0 aromatic heterocycles. The predicted octanol–water partition coefficient (Wildman–Crippen LogP) is 4.29. The Balaban J connectivity index is 2.06. The lowest BCUT2D eigenvalue weighted by Crippen LogP contribution is -2.58. The minimum atomic E-state index is 0.632. The molecule has 3 heteroatoms. The minimum Gasteiger partial charge on any atom is -0.311 e. The number of hydrogen-bond acceptors (Lipinski definition) is 2. The Morgan fingerprint density at radius 1 is 1.29 bits per heavy atom. The fourth-order valence-electron chi connectivity index (χ4n) is 3.34. The summed E-state index contributed by atoms with van der Waals surface area (Å²) in [6, 6.07) is 9.98. The van der Waals surface area contributed by atoms with Gasteiger partial charge in [0.05, 0.1) is 0 Å². The highest BCUT2D eigenvalue weighted by Crippen LogP contribution is 2.22. The Kier molecular flexibility index (Phi) is 6.27. The highest BCUT2D eigenvalue weighted by atomic mass is 79.9. The van der Waals surface area contributed by atoms with E-state index in [-0.39, 0.29) is 0 Å². The van der Waals surface area contributed by atoms with Gasteiger partial charge in [0.2, 0.25) is 0 Å². The number of halogens is 1. The van der Waals surface area contributed by atoms with Crippen molar-refractivity contribution in [3.63, 3.8) is 0 Å². The van der Waals surface area contributed by atoms with E-state index >= 15 is 0 Å². The average Bonchev–Trinajstić information content (AvgIpc) is 2.37. The van der Waals surface area contributed by atoms with Gasteiger partial charge in [0.25, 0.3) is 0 Å². The third-order valence-corrected chi connectivity index (χ3v) is 4.83. The predicted molar refractivity (Wildman–Crippen MR) is 94.4 cm³/mol.